The lowest BCUT2D eigenvalue weighted by molar-refractivity contribution is -0.141. The quantitative estimate of drug-likeness (QED) is 0.699. The van der Waals surface area contributed by atoms with Gasteiger partial charge in [-0.1, -0.05) is 17.7 Å². The molecule has 122 valence electrons. The van der Waals surface area contributed by atoms with Gasteiger partial charge in [0.05, 0.1) is 4.90 Å². The Balaban J connectivity index is 0.000000220. The smallest absolute Gasteiger partial charge is 0.408 e. The Kier molecular flexibility index (Phi) is 5.89. The number of amides is 1. The van der Waals surface area contributed by atoms with Crippen LogP contribution in [0.4, 0.5) is 4.79 Å². The molecule has 1 aromatic rings. The minimum Gasteiger partial charge on any atom is -0.480 e. The van der Waals surface area contributed by atoms with Crippen molar-refractivity contribution in [2.45, 2.75) is 30.7 Å². The van der Waals surface area contributed by atoms with Crippen molar-refractivity contribution in [1.29, 1.82) is 0 Å². The fourth-order valence-electron chi connectivity index (χ4n) is 1.96. The summed E-state index contributed by atoms with van der Waals surface area (Å²) < 4.78 is 29.6. The van der Waals surface area contributed by atoms with Gasteiger partial charge in [-0.25, -0.2) is 9.59 Å². The van der Waals surface area contributed by atoms with Crippen LogP contribution in [0.2, 0.25) is 0 Å². The van der Waals surface area contributed by atoms with Gasteiger partial charge in [0.1, 0.15) is 6.04 Å². The lowest BCUT2D eigenvalue weighted by Gasteiger charge is -2.16. The molecule has 2 rings (SSSR count). The monoisotopic (exact) mass is 331 g/mol. The maximum Gasteiger partial charge on any atom is 0.408 e. The first-order chi connectivity index (χ1) is 10.1. The van der Waals surface area contributed by atoms with Crippen LogP contribution >= 0.6 is 0 Å². The van der Waals surface area contributed by atoms with Crippen molar-refractivity contribution in [3.8, 4) is 0 Å². The molecule has 1 fully saturated rings. The molecule has 0 aromatic heterocycles. The number of likely N-dealkylation sites (tertiary alicyclic amines) is 1. The molecule has 1 saturated heterocycles. The largest absolute Gasteiger partial charge is 0.480 e. The highest BCUT2D eigenvalue weighted by molar-refractivity contribution is 7.85. The second-order valence-corrected chi connectivity index (χ2v) is 6.18. The standard InChI is InChI=1S/C7H8O3S.C6H9NO4/c1-6-2-4-7(5-3-6)11(8,9)10;8-5(9)4-2-1-3-7(4)6(10)11/h2-5H,1H3,(H,8,9,10);4H,1-3H2,(H,8,9)(H,10,11). The van der Waals surface area contributed by atoms with Crippen LogP contribution in [0, 0.1) is 6.92 Å². The van der Waals surface area contributed by atoms with Crippen LogP contribution in [0.1, 0.15) is 18.4 Å². The number of rotatable bonds is 2. The van der Waals surface area contributed by atoms with E-state index in [-0.39, 0.29) is 4.90 Å². The number of hydrogen-bond donors (Lipinski definition) is 3. The number of carbonyl (C=O) groups is 2. The third kappa shape index (κ3) is 5.01. The fraction of sp³-hybridized carbons (Fsp3) is 0.385. The molecule has 1 aliphatic rings. The Hall–Kier alpha value is -2.13. The van der Waals surface area contributed by atoms with E-state index >= 15 is 0 Å². The van der Waals surface area contributed by atoms with Crippen LogP contribution < -0.4 is 0 Å². The molecule has 0 spiro atoms. The van der Waals surface area contributed by atoms with E-state index in [0.29, 0.717) is 19.4 Å². The van der Waals surface area contributed by atoms with Gasteiger partial charge in [0, 0.05) is 6.54 Å². The highest BCUT2D eigenvalue weighted by Gasteiger charge is 2.33. The third-order valence-corrected chi connectivity index (χ3v) is 3.97. The molecule has 0 bridgehead atoms. The first kappa shape index (κ1) is 17.9. The zero-order chi connectivity index (χ0) is 16.9. The number of benzene rings is 1. The van der Waals surface area contributed by atoms with Gasteiger partial charge in [0.25, 0.3) is 10.1 Å². The lowest BCUT2D eigenvalue weighted by atomic mass is 10.2. The summed E-state index contributed by atoms with van der Waals surface area (Å²) in [5, 5.41) is 17.0. The zero-order valence-electron chi connectivity index (χ0n) is 11.8. The van der Waals surface area contributed by atoms with E-state index in [0.717, 1.165) is 10.5 Å². The minimum atomic E-state index is -4.02. The van der Waals surface area contributed by atoms with E-state index in [2.05, 4.69) is 0 Å². The van der Waals surface area contributed by atoms with E-state index in [1.54, 1.807) is 12.1 Å². The number of hydrogen-bond acceptors (Lipinski definition) is 4. The maximum absolute atomic E-state index is 10.5. The summed E-state index contributed by atoms with van der Waals surface area (Å²) >= 11 is 0. The molecule has 1 aliphatic heterocycles. The average molecular weight is 331 g/mol. The van der Waals surface area contributed by atoms with Gasteiger partial charge in [-0.3, -0.25) is 9.45 Å². The summed E-state index contributed by atoms with van der Waals surface area (Å²) in [5.41, 5.74) is 0.956. The SMILES string of the molecule is Cc1ccc(S(=O)(=O)O)cc1.O=C(O)C1CCCN1C(=O)O. The van der Waals surface area contributed by atoms with E-state index < -0.39 is 28.2 Å². The summed E-state index contributed by atoms with van der Waals surface area (Å²) in [6, 6.07) is 5.16. The van der Waals surface area contributed by atoms with Crippen LogP contribution in [0.5, 0.6) is 0 Å². The summed E-state index contributed by atoms with van der Waals surface area (Å²) in [6.07, 6.45) is -0.0693. The number of carboxylic acids is 1. The predicted octanol–water partition coefficient (Wildman–Crippen LogP) is 1.46. The summed E-state index contributed by atoms with van der Waals surface area (Å²) in [5.74, 6) is -1.05. The first-order valence-corrected chi connectivity index (χ1v) is 7.83. The van der Waals surface area contributed by atoms with Gasteiger partial charge in [-0.15, -0.1) is 0 Å². The molecule has 0 radical (unpaired) electrons. The van der Waals surface area contributed by atoms with Crippen molar-refractivity contribution in [2.75, 3.05) is 6.54 Å². The van der Waals surface area contributed by atoms with Gasteiger partial charge >= 0.3 is 12.1 Å². The topological polar surface area (TPSA) is 132 Å². The number of carboxylic acid groups (broad SMARTS) is 2. The molecule has 0 saturated carbocycles. The number of aliphatic carboxylic acids is 1. The van der Waals surface area contributed by atoms with Gasteiger partial charge in [0.2, 0.25) is 0 Å². The predicted molar refractivity (Wildman–Crippen MR) is 76.4 cm³/mol. The molecule has 3 N–H and O–H groups in total. The molecule has 22 heavy (non-hydrogen) atoms. The average Bonchev–Trinajstić information content (AvgIpc) is 2.88. The van der Waals surface area contributed by atoms with Gasteiger partial charge in [0.15, 0.2) is 0 Å². The minimum absolute atomic E-state index is 0.0666. The van der Waals surface area contributed by atoms with Crippen LogP contribution in [0.3, 0.4) is 0 Å². The number of aryl methyl sites for hydroxylation is 1. The molecule has 1 aromatic carbocycles. The van der Waals surface area contributed by atoms with E-state index in [9.17, 15) is 18.0 Å². The second-order valence-electron chi connectivity index (χ2n) is 4.76. The fourth-order valence-corrected chi connectivity index (χ4v) is 2.44. The van der Waals surface area contributed by atoms with E-state index in [1.807, 2.05) is 6.92 Å². The molecule has 1 atom stereocenters. The Bertz CT molecular complexity index is 619. The molecular weight excluding hydrogens is 314 g/mol. The van der Waals surface area contributed by atoms with Crippen molar-refractivity contribution in [2.24, 2.45) is 0 Å². The van der Waals surface area contributed by atoms with E-state index in [1.165, 1.54) is 12.1 Å². The van der Waals surface area contributed by atoms with Gasteiger partial charge in [-0.05, 0) is 31.9 Å². The zero-order valence-corrected chi connectivity index (χ0v) is 12.7. The molecule has 1 amide bonds. The molecule has 1 heterocycles. The van der Waals surface area contributed by atoms with Crippen LogP contribution in [-0.4, -0.2) is 52.7 Å². The second kappa shape index (κ2) is 7.23. The van der Waals surface area contributed by atoms with Crippen LogP contribution in [-0.2, 0) is 14.9 Å². The third-order valence-electron chi connectivity index (χ3n) is 3.10. The Morgan fingerprint density at radius 2 is 1.73 bits per heavy atom. The van der Waals surface area contributed by atoms with Crippen molar-refractivity contribution < 1.29 is 32.8 Å². The summed E-state index contributed by atoms with van der Waals surface area (Å²) in [4.78, 5) is 21.7. The van der Waals surface area contributed by atoms with Crippen LogP contribution in [0.25, 0.3) is 0 Å². The lowest BCUT2D eigenvalue weighted by Crippen LogP contribution is -2.39. The van der Waals surface area contributed by atoms with E-state index in [4.69, 9.17) is 14.8 Å². The molecule has 9 heteroatoms. The molecule has 1 unspecified atom stereocenters. The number of nitrogens with zero attached hydrogens (tertiary/aromatic N) is 1. The Morgan fingerprint density at radius 1 is 1.18 bits per heavy atom. The summed E-state index contributed by atoms with van der Waals surface area (Å²) in [7, 11) is -4.02. The highest BCUT2D eigenvalue weighted by atomic mass is 32.2. The van der Waals surface area contributed by atoms with Crippen molar-refractivity contribution in [3.05, 3.63) is 29.8 Å². The normalized spacial score (nSPS) is 17.5. The van der Waals surface area contributed by atoms with Crippen molar-refractivity contribution >= 4 is 22.2 Å². The van der Waals surface area contributed by atoms with Gasteiger partial charge in [-0.2, -0.15) is 8.42 Å². The Labute approximate surface area is 127 Å². The van der Waals surface area contributed by atoms with Gasteiger partial charge < -0.3 is 10.2 Å². The molecule has 8 nitrogen and oxygen atoms in total. The molecular formula is C13H17NO7S. The Morgan fingerprint density at radius 3 is 2.09 bits per heavy atom. The van der Waals surface area contributed by atoms with Crippen molar-refractivity contribution in [3.63, 3.8) is 0 Å². The maximum atomic E-state index is 10.5. The van der Waals surface area contributed by atoms with Crippen LogP contribution in [0.15, 0.2) is 29.2 Å². The first-order valence-electron chi connectivity index (χ1n) is 6.39. The molecule has 0 aliphatic carbocycles. The summed E-state index contributed by atoms with van der Waals surface area (Å²) in [6.45, 7) is 2.18. The highest BCUT2D eigenvalue weighted by Crippen LogP contribution is 2.16. The van der Waals surface area contributed by atoms with Crippen molar-refractivity contribution in [1.82, 2.24) is 4.90 Å².